The molecule has 64 valence electrons. The molecule has 0 bridgehead atoms. The number of nitrogens with two attached hydrogens (primary N) is 1. The van der Waals surface area contributed by atoms with Crippen LogP contribution in [0.15, 0.2) is 18.5 Å². The normalized spacial score (nSPS) is 12.5. The molecule has 1 atom stereocenters. The van der Waals surface area contributed by atoms with Gasteiger partial charge in [-0.05, 0) is 18.6 Å². The predicted octanol–water partition coefficient (Wildman–Crippen LogP) is 1.16. The summed E-state index contributed by atoms with van der Waals surface area (Å²) >= 11 is 5.73. The first-order chi connectivity index (χ1) is 5.63. The number of carbonyl (C=O) groups is 1. The maximum atomic E-state index is 10.7. The van der Waals surface area contributed by atoms with E-state index in [2.05, 4.69) is 4.98 Å². The van der Waals surface area contributed by atoms with Crippen molar-refractivity contribution in [2.24, 2.45) is 5.73 Å². The highest BCUT2D eigenvalue weighted by Gasteiger charge is 2.15. The van der Waals surface area contributed by atoms with Gasteiger partial charge in [0.15, 0.2) is 0 Å². The maximum absolute atomic E-state index is 10.7. The summed E-state index contributed by atoms with van der Waals surface area (Å²) in [5.41, 5.74) is 6.63. The van der Waals surface area contributed by atoms with Gasteiger partial charge in [0, 0.05) is 18.0 Å². The zero-order chi connectivity index (χ0) is 9.14. The number of hydrogen-bond acceptors (Lipinski definition) is 2. The molecule has 12 heavy (non-hydrogen) atoms. The van der Waals surface area contributed by atoms with Gasteiger partial charge in [0.05, 0.1) is 0 Å². The van der Waals surface area contributed by atoms with E-state index in [1.165, 1.54) is 0 Å². The first kappa shape index (κ1) is 9.00. The molecule has 0 fully saturated rings. The van der Waals surface area contributed by atoms with Gasteiger partial charge in [0.25, 0.3) is 0 Å². The minimum absolute atomic E-state index is 0.548. The lowest BCUT2D eigenvalue weighted by molar-refractivity contribution is -0.117. The Morgan fingerprint density at radius 2 is 2.42 bits per heavy atom. The summed E-state index contributed by atoms with van der Waals surface area (Å²) < 4.78 is 0. The quantitative estimate of drug-likeness (QED) is 0.702. The fourth-order valence-corrected chi connectivity index (χ4v) is 1.12. The third-order valence-electron chi connectivity index (χ3n) is 1.60. The molecule has 0 spiro atoms. The summed E-state index contributed by atoms with van der Waals surface area (Å²) in [6, 6.07) is 1.79. The lowest BCUT2D eigenvalue weighted by atomic mass is 10.1. The van der Waals surface area contributed by atoms with Gasteiger partial charge in [-0.1, -0.05) is 0 Å². The lowest BCUT2D eigenvalue weighted by Crippen LogP contribution is -2.17. The summed E-state index contributed by atoms with van der Waals surface area (Å²) in [5, 5.41) is -0.779. The number of halogens is 1. The van der Waals surface area contributed by atoms with Crippen molar-refractivity contribution in [3.8, 4) is 0 Å². The van der Waals surface area contributed by atoms with Crippen LogP contribution in [0.5, 0.6) is 0 Å². The molecule has 2 N–H and O–H groups in total. The largest absolute Gasteiger partial charge is 0.368 e. The SMILES string of the molecule is Cc1ccncc1C(Cl)C(N)=O. The third-order valence-corrected chi connectivity index (χ3v) is 2.05. The van der Waals surface area contributed by atoms with E-state index in [0.29, 0.717) is 5.56 Å². The Hall–Kier alpha value is -1.09. The molecule has 0 aliphatic carbocycles. The van der Waals surface area contributed by atoms with Crippen LogP contribution in [-0.2, 0) is 4.79 Å². The van der Waals surface area contributed by atoms with E-state index in [1.807, 2.05) is 6.92 Å². The van der Waals surface area contributed by atoms with Crippen molar-refractivity contribution in [3.63, 3.8) is 0 Å². The number of aromatic nitrogens is 1. The minimum atomic E-state index is -0.779. The van der Waals surface area contributed by atoms with Crippen LogP contribution < -0.4 is 5.73 Å². The molecular formula is C8H9ClN2O. The Kier molecular flexibility index (Phi) is 2.65. The van der Waals surface area contributed by atoms with Crippen LogP contribution >= 0.6 is 11.6 Å². The van der Waals surface area contributed by atoms with Crippen LogP contribution in [0.1, 0.15) is 16.5 Å². The van der Waals surface area contributed by atoms with Gasteiger partial charge in [0.2, 0.25) is 5.91 Å². The maximum Gasteiger partial charge on any atom is 0.240 e. The van der Waals surface area contributed by atoms with Crippen LogP contribution in [0.2, 0.25) is 0 Å². The summed E-state index contributed by atoms with van der Waals surface area (Å²) in [5.74, 6) is -0.548. The van der Waals surface area contributed by atoms with Gasteiger partial charge in [0.1, 0.15) is 5.38 Å². The Bertz CT molecular complexity index is 301. The van der Waals surface area contributed by atoms with E-state index in [9.17, 15) is 4.79 Å². The standard InChI is InChI=1S/C8H9ClN2O/c1-5-2-3-11-4-6(5)7(9)8(10)12/h2-4,7H,1H3,(H2,10,12). The highest BCUT2D eigenvalue weighted by Crippen LogP contribution is 2.21. The molecule has 4 heteroatoms. The number of hydrogen-bond donors (Lipinski definition) is 1. The van der Waals surface area contributed by atoms with Gasteiger partial charge in [-0.2, -0.15) is 0 Å². The fraction of sp³-hybridized carbons (Fsp3) is 0.250. The number of pyridine rings is 1. The minimum Gasteiger partial charge on any atom is -0.368 e. The average molecular weight is 185 g/mol. The number of alkyl halides is 1. The number of aryl methyl sites for hydroxylation is 1. The molecule has 1 heterocycles. The first-order valence-corrected chi connectivity index (χ1v) is 3.90. The second kappa shape index (κ2) is 3.54. The molecule has 0 radical (unpaired) electrons. The summed E-state index contributed by atoms with van der Waals surface area (Å²) in [7, 11) is 0. The summed E-state index contributed by atoms with van der Waals surface area (Å²) in [4.78, 5) is 14.6. The van der Waals surface area contributed by atoms with Crippen molar-refractivity contribution in [2.75, 3.05) is 0 Å². The second-order valence-corrected chi connectivity index (χ2v) is 2.93. The smallest absolute Gasteiger partial charge is 0.240 e. The predicted molar refractivity (Wildman–Crippen MR) is 46.8 cm³/mol. The molecule has 1 unspecified atom stereocenters. The molecule has 1 amide bonds. The topological polar surface area (TPSA) is 56.0 Å². The summed E-state index contributed by atoms with van der Waals surface area (Å²) in [6.45, 7) is 1.86. The van der Waals surface area contributed by atoms with Crippen molar-refractivity contribution in [1.82, 2.24) is 4.98 Å². The molecule has 0 aliphatic heterocycles. The second-order valence-electron chi connectivity index (χ2n) is 2.50. The van der Waals surface area contributed by atoms with Gasteiger partial charge in [-0.15, -0.1) is 11.6 Å². The van der Waals surface area contributed by atoms with Crippen LogP contribution in [0.4, 0.5) is 0 Å². The van der Waals surface area contributed by atoms with E-state index in [1.54, 1.807) is 18.5 Å². The molecule has 3 nitrogen and oxygen atoms in total. The number of nitrogens with zero attached hydrogens (tertiary/aromatic N) is 1. The van der Waals surface area contributed by atoms with Crippen molar-refractivity contribution in [3.05, 3.63) is 29.6 Å². The number of rotatable bonds is 2. The molecule has 1 aromatic rings. The van der Waals surface area contributed by atoms with Gasteiger partial charge in [-0.25, -0.2) is 0 Å². The van der Waals surface area contributed by atoms with Crippen molar-refractivity contribution in [1.29, 1.82) is 0 Å². The zero-order valence-electron chi connectivity index (χ0n) is 6.62. The molecule has 0 aromatic carbocycles. The number of amides is 1. The van der Waals surface area contributed by atoms with Crippen LogP contribution in [0.3, 0.4) is 0 Å². The van der Waals surface area contributed by atoms with Crippen molar-refractivity contribution >= 4 is 17.5 Å². The zero-order valence-corrected chi connectivity index (χ0v) is 7.38. The molecule has 0 aliphatic rings. The van der Waals surface area contributed by atoms with Gasteiger partial charge >= 0.3 is 0 Å². The van der Waals surface area contributed by atoms with Crippen molar-refractivity contribution in [2.45, 2.75) is 12.3 Å². The fourth-order valence-electron chi connectivity index (χ4n) is 0.895. The summed E-state index contributed by atoms with van der Waals surface area (Å²) in [6.07, 6.45) is 3.20. The van der Waals surface area contributed by atoms with Crippen LogP contribution in [0, 0.1) is 6.92 Å². The van der Waals surface area contributed by atoms with Gasteiger partial charge in [-0.3, -0.25) is 9.78 Å². The van der Waals surface area contributed by atoms with E-state index < -0.39 is 11.3 Å². The number of primary amides is 1. The van der Waals surface area contributed by atoms with Crippen LogP contribution in [-0.4, -0.2) is 10.9 Å². The highest BCUT2D eigenvalue weighted by atomic mass is 35.5. The average Bonchev–Trinajstić information content (AvgIpc) is 2.04. The molecule has 1 aromatic heterocycles. The Labute approximate surface area is 75.6 Å². The first-order valence-electron chi connectivity index (χ1n) is 3.47. The Morgan fingerprint density at radius 3 is 2.92 bits per heavy atom. The van der Waals surface area contributed by atoms with E-state index >= 15 is 0 Å². The Balaban J connectivity index is 3.02. The van der Waals surface area contributed by atoms with E-state index in [-0.39, 0.29) is 0 Å². The van der Waals surface area contributed by atoms with E-state index in [0.717, 1.165) is 5.56 Å². The lowest BCUT2D eigenvalue weighted by Gasteiger charge is -2.07. The Morgan fingerprint density at radius 1 is 1.75 bits per heavy atom. The van der Waals surface area contributed by atoms with E-state index in [4.69, 9.17) is 17.3 Å². The van der Waals surface area contributed by atoms with Crippen molar-refractivity contribution < 1.29 is 4.79 Å². The third kappa shape index (κ3) is 1.74. The van der Waals surface area contributed by atoms with Gasteiger partial charge < -0.3 is 5.73 Å². The highest BCUT2D eigenvalue weighted by molar-refractivity contribution is 6.30. The number of carbonyl (C=O) groups excluding carboxylic acids is 1. The molecule has 1 rings (SSSR count). The molecule has 0 saturated heterocycles. The molecule has 0 saturated carbocycles. The van der Waals surface area contributed by atoms with Crippen LogP contribution in [0.25, 0.3) is 0 Å². The molecular weight excluding hydrogens is 176 g/mol. The monoisotopic (exact) mass is 184 g/mol.